The maximum absolute atomic E-state index is 13.4. The van der Waals surface area contributed by atoms with Crippen molar-refractivity contribution in [1.82, 2.24) is 20.8 Å². The first kappa shape index (κ1) is 28.2. The molecule has 2 fully saturated rings. The molecule has 3 aromatic rings. The molecular formula is C30H36N4O2S3. The standard InChI is InChI=1S/C30H36N4O2S3/c35-27(31-23-17-9-3-10-18-23)25(21-13-5-1-6-14-21)37-29-33-34-30(39-29)38-26(22-15-7-2-8-16-22)28(36)32-24-19-11-4-12-20-24/h1-2,5-8,13-16,23-26H,3-4,9-12,17-20H2,(H,31,35)(H,32,36)/t25-,26-/m1/s1. The Morgan fingerprint density at radius 2 is 1.03 bits per heavy atom. The fourth-order valence-electron chi connectivity index (χ4n) is 5.34. The molecule has 2 atom stereocenters. The Labute approximate surface area is 243 Å². The molecule has 0 saturated heterocycles. The second-order valence-corrected chi connectivity index (χ2v) is 14.0. The lowest BCUT2D eigenvalue weighted by atomic mass is 9.95. The highest BCUT2D eigenvalue weighted by Gasteiger charge is 2.29. The third-order valence-corrected chi connectivity index (χ3v) is 11.0. The summed E-state index contributed by atoms with van der Waals surface area (Å²) in [6.07, 6.45) is 11.3. The molecule has 0 radical (unpaired) electrons. The number of rotatable bonds is 10. The lowest BCUT2D eigenvalue weighted by Gasteiger charge is -2.25. The zero-order valence-corrected chi connectivity index (χ0v) is 24.5. The first-order valence-corrected chi connectivity index (χ1v) is 16.6. The molecule has 2 N–H and O–H groups in total. The summed E-state index contributed by atoms with van der Waals surface area (Å²) < 4.78 is 1.45. The normalized spacial score (nSPS) is 18.3. The number of hydrogen-bond acceptors (Lipinski definition) is 7. The van der Waals surface area contributed by atoms with E-state index >= 15 is 0 Å². The Hall–Kier alpha value is -2.36. The van der Waals surface area contributed by atoms with Gasteiger partial charge < -0.3 is 10.6 Å². The average Bonchev–Trinajstić information content (AvgIpc) is 3.43. The van der Waals surface area contributed by atoms with E-state index in [0.717, 1.165) is 45.5 Å². The Balaban J connectivity index is 1.30. The Morgan fingerprint density at radius 3 is 1.41 bits per heavy atom. The van der Waals surface area contributed by atoms with Crippen molar-refractivity contribution in [3.63, 3.8) is 0 Å². The summed E-state index contributed by atoms with van der Waals surface area (Å²) in [7, 11) is 0. The van der Waals surface area contributed by atoms with Crippen LogP contribution in [0.2, 0.25) is 0 Å². The van der Waals surface area contributed by atoms with Crippen molar-refractivity contribution in [2.24, 2.45) is 0 Å². The molecule has 2 saturated carbocycles. The van der Waals surface area contributed by atoms with Gasteiger partial charge in [0.25, 0.3) is 0 Å². The maximum atomic E-state index is 13.4. The number of amides is 2. The molecule has 1 aromatic heterocycles. The first-order valence-electron chi connectivity index (χ1n) is 14.0. The van der Waals surface area contributed by atoms with Gasteiger partial charge in [0.2, 0.25) is 11.8 Å². The highest BCUT2D eigenvalue weighted by molar-refractivity contribution is 8.04. The van der Waals surface area contributed by atoms with Gasteiger partial charge in [0.1, 0.15) is 10.5 Å². The molecule has 39 heavy (non-hydrogen) atoms. The monoisotopic (exact) mass is 580 g/mol. The van der Waals surface area contributed by atoms with E-state index in [1.165, 1.54) is 73.4 Å². The lowest BCUT2D eigenvalue weighted by Crippen LogP contribution is -2.38. The molecule has 2 amide bonds. The number of nitrogens with one attached hydrogen (secondary N) is 2. The van der Waals surface area contributed by atoms with E-state index < -0.39 is 10.5 Å². The van der Waals surface area contributed by atoms with Crippen LogP contribution in [0.3, 0.4) is 0 Å². The highest BCUT2D eigenvalue weighted by atomic mass is 32.2. The molecule has 0 spiro atoms. The van der Waals surface area contributed by atoms with Crippen LogP contribution in [0.15, 0.2) is 69.3 Å². The lowest BCUT2D eigenvalue weighted by molar-refractivity contribution is -0.122. The van der Waals surface area contributed by atoms with Crippen LogP contribution in [0.25, 0.3) is 0 Å². The molecule has 206 valence electrons. The van der Waals surface area contributed by atoms with Crippen molar-refractivity contribution < 1.29 is 9.59 Å². The van der Waals surface area contributed by atoms with E-state index in [2.05, 4.69) is 20.8 Å². The summed E-state index contributed by atoms with van der Waals surface area (Å²) in [5, 5.41) is 14.6. The van der Waals surface area contributed by atoms with Crippen LogP contribution in [0.4, 0.5) is 0 Å². The van der Waals surface area contributed by atoms with Gasteiger partial charge in [0.05, 0.1) is 0 Å². The predicted molar refractivity (Wildman–Crippen MR) is 160 cm³/mol. The molecule has 1 heterocycles. The van der Waals surface area contributed by atoms with Gasteiger partial charge in [-0.25, -0.2) is 0 Å². The van der Waals surface area contributed by atoms with Crippen LogP contribution in [0, 0.1) is 0 Å². The van der Waals surface area contributed by atoms with Crippen molar-refractivity contribution >= 4 is 46.7 Å². The Kier molecular flexibility index (Phi) is 10.3. The summed E-state index contributed by atoms with van der Waals surface area (Å²) in [6, 6.07) is 20.3. The number of carbonyl (C=O) groups is 2. The number of nitrogens with zero attached hydrogens (tertiary/aromatic N) is 2. The Bertz CT molecular complexity index is 1100. The van der Waals surface area contributed by atoms with Gasteiger partial charge in [-0.1, -0.05) is 134 Å². The minimum absolute atomic E-state index is 0.0246. The summed E-state index contributed by atoms with van der Waals surface area (Å²) in [5.41, 5.74) is 1.91. The number of benzene rings is 2. The summed E-state index contributed by atoms with van der Waals surface area (Å²) >= 11 is 4.33. The smallest absolute Gasteiger partial charge is 0.238 e. The molecule has 2 aromatic carbocycles. The van der Waals surface area contributed by atoms with Gasteiger partial charge in [-0.15, -0.1) is 10.2 Å². The zero-order chi connectivity index (χ0) is 26.9. The molecule has 9 heteroatoms. The molecule has 0 bridgehead atoms. The first-order chi connectivity index (χ1) is 19.2. The van der Waals surface area contributed by atoms with E-state index in [0.29, 0.717) is 0 Å². The summed E-state index contributed by atoms with van der Waals surface area (Å²) in [5.74, 6) is 0.0491. The van der Waals surface area contributed by atoms with Crippen LogP contribution in [0.1, 0.15) is 85.8 Å². The molecular weight excluding hydrogens is 545 g/mol. The van der Waals surface area contributed by atoms with Crippen molar-refractivity contribution in [1.29, 1.82) is 0 Å². The molecule has 0 aliphatic heterocycles. The molecule has 5 rings (SSSR count). The molecule has 2 aliphatic rings. The van der Waals surface area contributed by atoms with Crippen LogP contribution in [-0.4, -0.2) is 34.1 Å². The number of carbonyl (C=O) groups excluding carboxylic acids is 2. The minimum atomic E-state index is -0.404. The summed E-state index contributed by atoms with van der Waals surface area (Å²) in [6.45, 7) is 0. The van der Waals surface area contributed by atoms with E-state index in [1.54, 1.807) is 0 Å². The van der Waals surface area contributed by atoms with E-state index in [4.69, 9.17) is 0 Å². The second-order valence-electron chi connectivity index (χ2n) is 10.3. The van der Waals surface area contributed by atoms with E-state index in [1.807, 2.05) is 60.7 Å². The van der Waals surface area contributed by atoms with Gasteiger partial charge in [0, 0.05) is 12.1 Å². The average molecular weight is 581 g/mol. The SMILES string of the molecule is O=C(NC1CCCCC1)[C@H](Sc1nnc(S[C@@H](C(=O)NC2CCCCC2)c2ccccc2)s1)c1ccccc1. The number of thioether (sulfide) groups is 2. The number of aromatic nitrogens is 2. The quantitative estimate of drug-likeness (QED) is 0.249. The number of hydrogen-bond donors (Lipinski definition) is 2. The van der Waals surface area contributed by atoms with Crippen LogP contribution >= 0.6 is 34.9 Å². The van der Waals surface area contributed by atoms with Crippen molar-refractivity contribution in [3.05, 3.63) is 71.8 Å². The van der Waals surface area contributed by atoms with E-state index in [9.17, 15) is 9.59 Å². The van der Waals surface area contributed by atoms with Gasteiger partial charge >= 0.3 is 0 Å². The van der Waals surface area contributed by atoms with Crippen molar-refractivity contribution in [3.8, 4) is 0 Å². The second kappa shape index (κ2) is 14.3. The van der Waals surface area contributed by atoms with Gasteiger partial charge in [-0.05, 0) is 36.8 Å². The largest absolute Gasteiger partial charge is 0.352 e. The highest BCUT2D eigenvalue weighted by Crippen LogP contribution is 2.42. The predicted octanol–water partition coefficient (Wildman–Crippen LogP) is 7.10. The van der Waals surface area contributed by atoms with Crippen LogP contribution in [-0.2, 0) is 9.59 Å². The molecule has 0 unspecified atom stereocenters. The zero-order valence-electron chi connectivity index (χ0n) is 22.1. The maximum Gasteiger partial charge on any atom is 0.238 e. The van der Waals surface area contributed by atoms with Crippen LogP contribution in [0.5, 0.6) is 0 Å². The molecule has 6 nitrogen and oxygen atoms in total. The third kappa shape index (κ3) is 8.08. The van der Waals surface area contributed by atoms with Crippen LogP contribution < -0.4 is 10.6 Å². The third-order valence-electron chi connectivity index (χ3n) is 7.41. The minimum Gasteiger partial charge on any atom is -0.352 e. The van der Waals surface area contributed by atoms with Gasteiger partial charge in [0.15, 0.2) is 8.68 Å². The van der Waals surface area contributed by atoms with Gasteiger partial charge in [-0.3, -0.25) is 9.59 Å². The van der Waals surface area contributed by atoms with E-state index in [-0.39, 0.29) is 23.9 Å². The molecule has 2 aliphatic carbocycles. The Morgan fingerprint density at radius 1 is 0.641 bits per heavy atom. The fraction of sp³-hybridized carbons (Fsp3) is 0.467. The van der Waals surface area contributed by atoms with Crippen molar-refractivity contribution in [2.45, 2.75) is 95.5 Å². The topological polar surface area (TPSA) is 84.0 Å². The summed E-state index contributed by atoms with van der Waals surface area (Å²) in [4.78, 5) is 26.9. The van der Waals surface area contributed by atoms with Crippen molar-refractivity contribution in [2.75, 3.05) is 0 Å². The van der Waals surface area contributed by atoms with Gasteiger partial charge in [-0.2, -0.15) is 0 Å². The fourth-order valence-corrected chi connectivity index (χ4v) is 8.77.